The molecule has 78 valence electrons. The van der Waals surface area contributed by atoms with E-state index in [4.69, 9.17) is 11.6 Å². The molecule has 0 aliphatic heterocycles. The summed E-state index contributed by atoms with van der Waals surface area (Å²) in [5.74, 6) is 0.918. The summed E-state index contributed by atoms with van der Waals surface area (Å²) < 4.78 is 0. The summed E-state index contributed by atoms with van der Waals surface area (Å²) in [4.78, 5) is 11.3. The Balaban J connectivity index is 2.26. The Hall–Kier alpha value is -0.670. The molecule has 2 aromatic rings. The molecule has 15 heavy (non-hydrogen) atoms. The Morgan fingerprint density at radius 3 is 2.80 bits per heavy atom. The summed E-state index contributed by atoms with van der Waals surface area (Å²) in [6.07, 6.45) is 2.36. The molecule has 0 bridgehead atoms. The topological polar surface area (TPSA) is 25.8 Å². The van der Waals surface area contributed by atoms with E-state index < -0.39 is 0 Å². The zero-order valence-corrected chi connectivity index (χ0v) is 10.2. The normalized spacial score (nSPS) is 18.3. The van der Waals surface area contributed by atoms with Crippen LogP contribution in [0.25, 0.3) is 10.2 Å². The van der Waals surface area contributed by atoms with Gasteiger partial charge in [-0.05, 0) is 25.8 Å². The van der Waals surface area contributed by atoms with Gasteiger partial charge in [-0.2, -0.15) is 0 Å². The lowest BCUT2D eigenvalue weighted by atomic mass is 10.1. The first kappa shape index (κ1) is 9.55. The molecule has 0 amide bonds. The first-order valence-electron chi connectivity index (χ1n) is 5.03. The number of rotatable bonds is 1. The quantitative estimate of drug-likeness (QED) is 0.708. The highest BCUT2D eigenvalue weighted by atomic mass is 35.5. The maximum absolute atomic E-state index is 6.16. The summed E-state index contributed by atoms with van der Waals surface area (Å²) in [5, 5.41) is 1.60. The Morgan fingerprint density at radius 2 is 2.13 bits per heavy atom. The van der Waals surface area contributed by atoms with Gasteiger partial charge in [0.25, 0.3) is 0 Å². The van der Waals surface area contributed by atoms with E-state index in [9.17, 15) is 0 Å². The molecule has 1 fully saturated rings. The van der Waals surface area contributed by atoms with E-state index in [1.807, 2.05) is 0 Å². The Labute approximate surface area is 97.3 Å². The van der Waals surface area contributed by atoms with E-state index in [0.717, 1.165) is 16.0 Å². The van der Waals surface area contributed by atoms with Crippen molar-refractivity contribution in [2.75, 3.05) is 0 Å². The van der Waals surface area contributed by atoms with Crippen molar-refractivity contribution in [3.05, 3.63) is 21.9 Å². The van der Waals surface area contributed by atoms with E-state index in [1.165, 1.54) is 17.7 Å². The average Bonchev–Trinajstić information content (AvgIpc) is 2.79. The third-order valence-corrected chi connectivity index (χ3v) is 4.24. The molecular weight excluding hydrogens is 228 g/mol. The number of aromatic nitrogens is 2. The van der Waals surface area contributed by atoms with Crippen LogP contribution >= 0.6 is 22.9 Å². The summed E-state index contributed by atoms with van der Waals surface area (Å²) in [6.45, 7) is 4.27. The van der Waals surface area contributed by atoms with Crippen LogP contribution in [-0.2, 0) is 5.41 Å². The molecule has 0 N–H and O–H groups in total. The van der Waals surface area contributed by atoms with Gasteiger partial charge >= 0.3 is 0 Å². The van der Waals surface area contributed by atoms with Crippen LogP contribution in [-0.4, -0.2) is 9.97 Å². The van der Waals surface area contributed by atoms with Crippen LogP contribution in [0.3, 0.4) is 0 Å². The molecule has 0 unspecified atom stereocenters. The molecule has 2 aromatic heterocycles. The summed E-state index contributed by atoms with van der Waals surface area (Å²) in [7, 11) is 0. The van der Waals surface area contributed by atoms with Crippen molar-refractivity contribution in [1.82, 2.24) is 9.97 Å². The van der Waals surface area contributed by atoms with Crippen LogP contribution in [0.1, 0.15) is 30.5 Å². The zero-order valence-electron chi connectivity index (χ0n) is 8.67. The maximum atomic E-state index is 6.16. The van der Waals surface area contributed by atoms with Crippen LogP contribution in [0, 0.1) is 6.92 Å². The summed E-state index contributed by atoms with van der Waals surface area (Å²) in [5.41, 5.74) is 0.190. The Bertz CT molecular complexity index is 543. The third kappa shape index (κ3) is 1.45. The SMILES string of the molecule is Cc1cc2c(Cl)nc(C3(C)CC3)nc2s1. The highest BCUT2D eigenvalue weighted by molar-refractivity contribution is 7.18. The molecule has 2 heterocycles. The van der Waals surface area contributed by atoms with Gasteiger partial charge in [-0.3, -0.25) is 0 Å². The number of hydrogen-bond donors (Lipinski definition) is 0. The zero-order chi connectivity index (χ0) is 10.6. The molecule has 1 saturated carbocycles. The van der Waals surface area contributed by atoms with E-state index in [0.29, 0.717) is 5.15 Å². The van der Waals surface area contributed by atoms with Gasteiger partial charge in [0.2, 0.25) is 0 Å². The van der Waals surface area contributed by atoms with Crippen LogP contribution in [0.2, 0.25) is 5.15 Å². The van der Waals surface area contributed by atoms with Crippen molar-refractivity contribution >= 4 is 33.2 Å². The fraction of sp³-hybridized carbons (Fsp3) is 0.455. The van der Waals surface area contributed by atoms with Crippen LogP contribution in [0.5, 0.6) is 0 Å². The van der Waals surface area contributed by atoms with Crippen molar-refractivity contribution < 1.29 is 0 Å². The fourth-order valence-electron chi connectivity index (χ4n) is 1.69. The second kappa shape index (κ2) is 2.92. The van der Waals surface area contributed by atoms with Gasteiger partial charge in [-0.15, -0.1) is 11.3 Å². The van der Waals surface area contributed by atoms with Gasteiger partial charge in [0.15, 0.2) is 0 Å². The standard InChI is InChI=1S/C11H11ClN2S/c1-6-5-7-8(12)13-10(11(2)3-4-11)14-9(7)15-6/h5H,3-4H2,1-2H3. The molecule has 4 heteroatoms. The number of halogens is 1. The first-order valence-corrected chi connectivity index (χ1v) is 6.22. The lowest BCUT2D eigenvalue weighted by molar-refractivity contribution is 0.716. The second-order valence-electron chi connectivity index (χ2n) is 4.47. The minimum Gasteiger partial charge on any atom is -0.221 e. The first-order chi connectivity index (χ1) is 7.08. The largest absolute Gasteiger partial charge is 0.221 e. The van der Waals surface area contributed by atoms with Gasteiger partial charge in [0.1, 0.15) is 15.8 Å². The molecule has 3 rings (SSSR count). The van der Waals surface area contributed by atoms with Crippen molar-refractivity contribution in [3.8, 4) is 0 Å². The number of aryl methyl sites for hydroxylation is 1. The summed E-state index contributed by atoms with van der Waals surface area (Å²) >= 11 is 7.85. The van der Waals surface area contributed by atoms with Crippen LogP contribution in [0.4, 0.5) is 0 Å². The van der Waals surface area contributed by atoms with E-state index in [1.54, 1.807) is 11.3 Å². The molecule has 0 radical (unpaired) electrons. The molecule has 2 nitrogen and oxygen atoms in total. The number of hydrogen-bond acceptors (Lipinski definition) is 3. The average molecular weight is 239 g/mol. The molecule has 1 aliphatic rings. The highest BCUT2D eigenvalue weighted by Crippen LogP contribution is 2.47. The van der Waals surface area contributed by atoms with E-state index in [-0.39, 0.29) is 5.41 Å². The van der Waals surface area contributed by atoms with Gasteiger partial charge in [0, 0.05) is 15.7 Å². The van der Waals surface area contributed by atoms with Crippen molar-refractivity contribution in [1.29, 1.82) is 0 Å². The molecule has 0 saturated heterocycles. The number of nitrogens with zero attached hydrogens (tertiary/aromatic N) is 2. The summed E-state index contributed by atoms with van der Waals surface area (Å²) in [6, 6.07) is 2.06. The Kier molecular flexibility index (Phi) is 1.86. The van der Waals surface area contributed by atoms with E-state index >= 15 is 0 Å². The monoisotopic (exact) mass is 238 g/mol. The van der Waals surface area contributed by atoms with Gasteiger partial charge in [-0.25, -0.2) is 9.97 Å². The molecule has 0 aromatic carbocycles. The Morgan fingerprint density at radius 1 is 1.40 bits per heavy atom. The minimum absolute atomic E-state index is 0.190. The lowest BCUT2D eigenvalue weighted by Crippen LogP contribution is -2.06. The molecule has 1 aliphatic carbocycles. The lowest BCUT2D eigenvalue weighted by Gasteiger charge is -2.06. The van der Waals surface area contributed by atoms with Crippen molar-refractivity contribution in [2.45, 2.75) is 32.1 Å². The molecular formula is C11H11ClN2S. The minimum atomic E-state index is 0.190. The van der Waals surface area contributed by atoms with Crippen molar-refractivity contribution in [2.24, 2.45) is 0 Å². The number of fused-ring (bicyclic) bond motifs is 1. The predicted molar refractivity (Wildman–Crippen MR) is 63.7 cm³/mol. The fourth-order valence-corrected chi connectivity index (χ4v) is 2.85. The van der Waals surface area contributed by atoms with E-state index in [2.05, 4.69) is 29.9 Å². The van der Waals surface area contributed by atoms with Gasteiger partial charge < -0.3 is 0 Å². The van der Waals surface area contributed by atoms with Crippen LogP contribution < -0.4 is 0 Å². The van der Waals surface area contributed by atoms with Gasteiger partial charge in [0.05, 0.1) is 0 Å². The van der Waals surface area contributed by atoms with Crippen molar-refractivity contribution in [3.63, 3.8) is 0 Å². The van der Waals surface area contributed by atoms with Crippen LogP contribution in [0.15, 0.2) is 6.07 Å². The number of thiophene rings is 1. The predicted octanol–water partition coefficient (Wildman–Crippen LogP) is 3.70. The highest BCUT2D eigenvalue weighted by Gasteiger charge is 2.42. The molecule has 0 spiro atoms. The third-order valence-electron chi connectivity index (χ3n) is 3.01. The van der Waals surface area contributed by atoms with Gasteiger partial charge in [-0.1, -0.05) is 18.5 Å². The molecule has 0 atom stereocenters. The smallest absolute Gasteiger partial charge is 0.141 e. The second-order valence-corrected chi connectivity index (χ2v) is 6.07. The maximum Gasteiger partial charge on any atom is 0.141 e.